The van der Waals surface area contributed by atoms with Crippen LogP contribution in [0.4, 0.5) is 0 Å². The maximum absolute atomic E-state index is 8.99. The quantitative estimate of drug-likeness (QED) is 0.833. The summed E-state index contributed by atoms with van der Waals surface area (Å²) in [5, 5.41) is 9.71. The van der Waals surface area contributed by atoms with E-state index >= 15 is 0 Å². The van der Waals surface area contributed by atoms with Gasteiger partial charge in [0.1, 0.15) is 0 Å². The van der Waals surface area contributed by atoms with Crippen LogP contribution in [0.1, 0.15) is 11.7 Å². The van der Waals surface area contributed by atoms with Gasteiger partial charge in [0.2, 0.25) is 0 Å². The third-order valence-corrected chi connectivity index (χ3v) is 3.89. The van der Waals surface area contributed by atoms with Crippen molar-refractivity contribution in [1.82, 2.24) is 9.80 Å². The van der Waals surface area contributed by atoms with Gasteiger partial charge in [-0.2, -0.15) is 0 Å². The van der Waals surface area contributed by atoms with Crippen molar-refractivity contribution < 1.29 is 9.84 Å². The molecule has 0 bridgehead atoms. The van der Waals surface area contributed by atoms with Gasteiger partial charge in [-0.25, -0.2) is 0 Å². The largest absolute Gasteiger partial charge is 0.394 e. The van der Waals surface area contributed by atoms with Crippen LogP contribution in [0.3, 0.4) is 0 Å². The van der Waals surface area contributed by atoms with E-state index in [9.17, 15) is 0 Å². The molecule has 1 aromatic rings. The Morgan fingerprint density at radius 1 is 1.23 bits per heavy atom. The van der Waals surface area contributed by atoms with E-state index in [2.05, 4.69) is 16.8 Å². The maximum Gasteiger partial charge on any atom is 0.0953 e. The lowest BCUT2D eigenvalue weighted by molar-refractivity contribution is -0.00117. The minimum absolute atomic E-state index is 0. The van der Waals surface area contributed by atoms with Crippen molar-refractivity contribution in [2.45, 2.75) is 6.10 Å². The predicted molar refractivity (Wildman–Crippen MR) is 95.7 cm³/mol. The molecule has 4 nitrogen and oxygen atoms in total. The smallest absolute Gasteiger partial charge is 0.0953 e. The number of likely N-dealkylation sites (N-methyl/N-ethyl adjacent to an activating group) is 1. The van der Waals surface area contributed by atoms with Crippen molar-refractivity contribution in [3.05, 3.63) is 34.9 Å². The van der Waals surface area contributed by atoms with Gasteiger partial charge in [0, 0.05) is 37.7 Å². The third-order valence-electron chi connectivity index (χ3n) is 3.65. The number of aliphatic hydroxyl groups is 1. The number of nitrogens with zero attached hydrogens (tertiary/aromatic N) is 2. The molecule has 1 aromatic carbocycles. The Morgan fingerprint density at radius 3 is 2.50 bits per heavy atom. The zero-order valence-electron chi connectivity index (χ0n) is 12.8. The molecule has 1 aliphatic heterocycles. The lowest BCUT2D eigenvalue weighted by atomic mass is 10.1. The topological polar surface area (TPSA) is 35.9 Å². The van der Waals surface area contributed by atoms with E-state index in [-0.39, 0.29) is 37.5 Å². The van der Waals surface area contributed by atoms with Crippen LogP contribution < -0.4 is 0 Å². The van der Waals surface area contributed by atoms with Crippen molar-refractivity contribution in [1.29, 1.82) is 0 Å². The number of rotatable bonds is 6. The summed E-state index contributed by atoms with van der Waals surface area (Å²) in [4.78, 5) is 4.74. The number of ether oxygens (including phenoxy) is 1. The minimum atomic E-state index is -0.0377. The fourth-order valence-electron chi connectivity index (χ4n) is 2.42. The molecular weight excluding hydrogens is 347 g/mol. The summed E-state index contributed by atoms with van der Waals surface area (Å²) in [5.41, 5.74) is 1.07. The van der Waals surface area contributed by atoms with Gasteiger partial charge in [-0.3, -0.25) is 4.90 Å². The van der Waals surface area contributed by atoms with E-state index in [0.717, 1.165) is 43.3 Å². The number of aliphatic hydroxyl groups excluding tert-OH is 1. The SMILES string of the molecule is CN1CCN(CC(OCCO)c2cccc(Cl)c2)CC1.Cl.Cl. The normalized spacial score (nSPS) is 17.4. The molecule has 1 fully saturated rings. The first-order valence-corrected chi connectivity index (χ1v) is 7.45. The molecule has 0 saturated carbocycles. The molecular formula is C15H25Cl3N2O2. The summed E-state index contributed by atoms with van der Waals surface area (Å²) < 4.78 is 5.80. The monoisotopic (exact) mass is 370 g/mol. The molecule has 0 amide bonds. The van der Waals surface area contributed by atoms with Crippen LogP contribution in [-0.4, -0.2) is 67.9 Å². The Bertz CT molecular complexity index is 416. The van der Waals surface area contributed by atoms with E-state index < -0.39 is 0 Å². The van der Waals surface area contributed by atoms with Gasteiger partial charge >= 0.3 is 0 Å². The van der Waals surface area contributed by atoms with Crippen molar-refractivity contribution in [3.8, 4) is 0 Å². The van der Waals surface area contributed by atoms with Crippen LogP contribution in [0.25, 0.3) is 0 Å². The standard InChI is InChI=1S/C15H23ClN2O2.2ClH/c1-17-5-7-18(8-6-17)12-15(20-10-9-19)13-3-2-4-14(16)11-13;;/h2-4,11,15,19H,5-10,12H2,1H3;2*1H. The van der Waals surface area contributed by atoms with Gasteiger partial charge < -0.3 is 14.7 Å². The molecule has 1 atom stereocenters. The maximum atomic E-state index is 8.99. The molecule has 22 heavy (non-hydrogen) atoms. The lowest BCUT2D eigenvalue weighted by Gasteiger charge is -2.34. The van der Waals surface area contributed by atoms with Crippen LogP contribution >= 0.6 is 36.4 Å². The van der Waals surface area contributed by atoms with Crippen molar-refractivity contribution in [3.63, 3.8) is 0 Å². The highest BCUT2D eigenvalue weighted by Crippen LogP contribution is 2.22. The van der Waals surface area contributed by atoms with Gasteiger partial charge in [-0.15, -0.1) is 24.8 Å². The van der Waals surface area contributed by atoms with Gasteiger partial charge in [0.05, 0.1) is 19.3 Å². The van der Waals surface area contributed by atoms with Crippen LogP contribution in [0.5, 0.6) is 0 Å². The molecule has 0 aromatic heterocycles. The summed E-state index contributed by atoms with van der Waals surface area (Å²) in [6.07, 6.45) is -0.0377. The Balaban J connectivity index is 0.00000220. The van der Waals surface area contributed by atoms with Gasteiger partial charge in [-0.05, 0) is 24.7 Å². The summed E-state index contributed by atoms with van der Waals surface area (Å²) in [6.45, 7) is 5.51. The van der Waals surface area contributed by atoms with Crippen LogP contribution in [-0.2, 0) is 4.74 Å². The first-order chi connectivity index (χ1) is 9.69. The Kier molecular flexibility index (Phi) is 11.4. The van der Waals surface area contributed by atoms with E-state index in [4.69, 9.17) is 21.4 Å². The first kappa shape index (κ1) is 21.9. The van der Waals surface area contributed by atoms with Crippen LogP contribution in [0, 0.1) is 0 Å². The summed E-state index contributed by atoms with van der Waals surface area (Å²) in [7, 11) is 2.15. The molecule has 1 heterocycles. The van der Waals surface area contributed by atoms with E-state index in [1.165, 1.54) is 0 Å². The summed E-state index contributed by atoms with van der Waals surface area (Å²) >= 11 is 6.06. The molecule has 0 radical (unpaired) electrons. The Labute approximate surface area is 150 Å². The molecule has 128 valence electrons. The van der Waals surface area contributed by atoms with E-state index in [0.29, 0.717) is 6.61 Å². The summed E-state index contributed by atoms with van der Waals surface area (Å²) in [6, 6.07) is 7.78. The van der Waals surface area contributed by atoms with Crippen molar-refractivity contribution >= 4 is 36.4 Å². The molecule has 0 spiro atoms. The molecule has 1 aliphatic rings. The average Bonchev–Trinajstić information content (AvgIpc) is 2.45. The average molecular weight is 372 g/mol. The molecule has 1 saturated heterocycles. The summed E-state index contributed by atoms with van der Waals surface area (Å²) in [5.74, 6) is 0. The van der Waals surface area contributed by atoms with Gasteiger partial charge in [0.15, 0.2) is 0 Å². The number of benzene rings is 1. The Morgan fingerprint density at radius 2 is 1.91 bits per heavy atom. The predicted octanol–water partition coefficient (Wildman–Crippen LogP) is 2.48. The number of piperazine rings is 1. The second-order valence-corrected chi connectivity index (χ2v) is 5.68. The molecule has 2 rings (SSSR count). The second kappa shape index (κ2) is 11.5. The fraction of sp³-hybridized carbons (Fsp3) is 0.600. The minimum Gasteiger partial charge on any atom is -0.394 e. The van der Waals surface area contributed by atoms with E-state index in [1.807, 2.05) is 24.3 Å². The number of halogens is 3. The van der Waals surface area contributed by atoms with Crippen molar-refractivity contribution in [2.75, 3.05) is 53.0 Å². The molecule has 1 unspecified atom stereocenters. The zero-order valence-corrected chi connectivity index (χ0v) is 15.2. The third kappa shape index (κ3) is 7.01. The highest BCUT2D eigenvalue weighted by molar-refractivity contribution is 6.30. The van der Waals surface area contributed by atoms with Gasteiger partial charge in [-0.1, -0.05) is 23.7 Å². The Hall–Kier alpha value is -0.0700. The molecule has 1 N–H and O–H groups in total. The van der Waals surface area contributed by atoms with Crippen LogP contribution in [0.2, 0.25) is 5.02 Å². The second-order valence-electron chi connectivity index (χ2n) is 5.24. The fourth-order valence-corrected chi connectivity index (χ4v) is 2.62. The highest BCUT2D eigenvalue weighted by Gasteiger charge is 2.20. The highest BCUT2D eigenvalue weighted by atomic mass is 35.5. The first-order valence-electron chi connectivity index (χ1n) is 7.08. The molecule has 7 heteroatoms. The van der Waals surface area contributed by atoms with Crippen molar-refractivity contribution in [2.24, 2.45) is 0 Å². The van der Waals surface area contributed by atoms with Gasteiger partial charge in [0.25, 0.3) is 0 Å². The zero-order chi connectivity index (χ0) is 14.4. The number of hydrogen-bond donors (Lipinski definition) is 1. The van der Waals surface area contributed by atoms with Crippen LogP contribution in [0.15, 0.2) is 24.3 Å². The van der Waals surface area contributed by atoms with E-state index in [1.54, 1.807) is 0 Å². The number of hydrogen-bond acceptors (Lipinski definition) is 4. The molecule has 0 aliphatic carbocycles. The lowest BCUT2D eigenvalue weighted by Crippen LogP contribution is -2.46.